The van der Waals surface area contributed by atoms with Crippen molar-refractivity contribution in [3.8, 4) is 5.75 Å². The van der Waals surface area contributed by atoms with Crippen LogP contribution in [0.2, 0.25) is 5.02 Å². The average Bonchev–Trinajstić information content (AvgIpc) is 3.84. The predicted octanol–water partition coefficient (Wildman–Crippen LogP) is 5.25. The predicted molar refractivity (Wildman–Crippen MR) is 162 cm³/mol. The Labute approximate surface area is 250 Å². The highest BCUT2D eigenvalue weighted by molar-refractivity contribution is 6.31. The molecule has 2 aromatic carbocycles. The summed E-state index contributed by atoms with van der Waals surface area (Å²) in [7, 11) is 0. The molecule has 1 amide bonds. The van der Waals surface area contributed by atoms with E-state index in [2.05, 4.69) is 30.4 Å². The van der Waals surface area contributed by atoms with Crippen LogP contribution in [0.1, 0.15) is 25.7 Å². The highest BCUT2D eigenvalue weighted by Crippen LogP contribution is 2.36. The Morgan fingerprint density at radius 3 is 2.67 bits per heavy atom. The first kappa shape index (κ1) is 28.8. The number of nitrogens with one attached hydrogen (secondary N) is 2. The fraction of sp³-hybridized carbons (Fsp3) is 0.452. The summed E-state index contributed by atoms with van der Waals surface area (Å²) in [5, 5.41) is 6.88. The van der Waals surface area contributed by atoms with Gasteiger partial charge >= 0.3 is 0 Å². The topological polar surface area (TPSA) is 91.9 Å². The Morgan fingerprint density at radius 1 is 1.10 bits per heavy atom. The Morgan fingerprint density at radius 2 is 1.90 bits per heavy atom. The van der Waals surface area contributed by atoms with Gasteiger partial charge in [-0.15, -0.1) is 0 Å². The van der Waals surface area contributed by atoms with Gasteiger partial charge in [-0.3, -0.25) is 14.6 Å². The smallest absolute Gasteiger partial charge is 0.248 e. The van der Waals surface area contributed by atoms with E-state index in [1.165, 1.54) is 18.5 Å². The van der Waals surface area contributed by atoms with Gasteiger partial charge in [0.1, 0.15) is 23.7 Å². The number of morpholine rings is 1. The van der Waals surface area contributed by atoms with E-state index in [1.54, 1.807) is 12.1 Å². The van der Waals surface area contributed by atoms with Gasteiger partial charge in [-0.05, 0) is 69.0 Å². The molecule has 2 N–H and O–H groups in total. The summed E-state index contributed by atoms with van der Waals surface area (Å²) in [6.45, 7) is 7.07. The summed E-state index contributed by atoms with van der Waals surface area (Å²) >= 11 is 5.97. The van der Waals surface area contributed by atoms with E-state index in [9.17, 15) is 9.18 Å². The number of ether oxygens (including phenoxy) is 2. The molecule has 3 fully saturated rings. The normalized spacial score (nSPS) is 18.9. The van der Waals surface area contributed by atoms with Gasteiger partial charge in [-0.1, -0.05) is 17.7 Å². The van der Waals surface area contributed by atoms with Crippen LogP contribution in [0, 0.1) is 11.7 Å². The number of rotatable bonds is 10. The average molecular weight is 595 g/mol. The van der Waals surface area contributed by atoms with Crippen molar-refractivity contribution >= 4 is 45.6 Å². The van der Waals surface area contributed by atoms with E-state index < -0.39 is 5.82 Å². The van der Waals surface area contributed by atoms with Gasteiger partial charge < -0.3 is 20.1 Å². The SMILES string of the molecule is O=C(C=CCN1CCC(N2CCOCC2)CC1)Nc1cc2c(Nc3ccc(F)c(Cl)c3)ncnc2cc1OCC1CC1. The van der Waals surface area contributed by atoms with Crippen molar-refractivity contribution in [3.63, 3.8) is 0 Å². The number of halogens is 2. The molecule has 0 atom stereocenters. The van der Waals surface area contributed by atoms with E-state index in [0.29, 0.717) is 52.4 Å². The maximum absolute atomic E-state index is 13.7. The second-order valence-electron chi connectivity index (χ2n) is 11.2. The lowest BCUT2D eigenvalue weighted by molar-refractivity contribution is -0.111. The number of amides is 1. The summed E-state index contributed by atoms with van der Waals surface area (Å²) in [5.74, 6) is 0.884. The van der Waals surface area contributed by atoms with Gasteiger partial charge in [0.25, 0.3) is 0 Å². The second kappa shape index (κ2) is 13.3. The van der Waals surface area contributed by atoms with Crippen LogP contribution >= 0.6 is 11.6 Å². The largest absolute Gasteiger partial charge is 0.491 e. The van der Waals surface area contributed by atoms with Gasteiger partial charge in [0.05, 0.1) is 36.0 Å². The number of hydrogen-bond acceptors (Lipinski definition) is 8. The number of aromatic nitrogens is 2. The first-order valence-corrected chi connectivity index (χ1v) is 15.0. The minimum absolute atomic E-state index is 0.00957. The lowest BCUT2D eigenvalue weighted by Crippen LogP contribution is -2.49. The zero-order valence-corrected chi connectivity index (χ0v) is 24.3. The number of carbonyl (C=O) groups excluding carboxylic acids is 1. The minimum Gasteiger partial charge on any atom is -0.491 e. The fourth-order valence-corrected chi connectivity index (χ4v) is 5.68. The third-order valence-corrected chi connectivity index (χ3v) is 8.39. The molecule has 3 heterocycles. The van der Waals surface area contributed by atoms with E-state index >= 15 is 0 Å². The van der Waals surface area contributed by atoms with Crippen molar-refractivity contribution in [2.45, 2.75) is 31.7 Å². The Hall–Kier alpha value is -3.31. The van der Waals surface area contributed by atoms with Crippen LogP contribution in [0.4, 0.5) is 21.6 Å². The molecule has 3 aromatic rings. The molecule has 0 unspecified atom stereocenters. The van der Waals surface area contributed by atoms with Gasteiger partial charge in [0, 0.05) is 48.9 Å². The summed E-state index contributed by atoms with van der Waals surface area (Å²) in [5.41, 5.74) is 1.78. The number of carbonyl (C=O) groups is 1. The molecule has 11 heteroatoms. The Bertz CT molecular complexity index is 1440. The molecule has 42 heavy (non-hydrogen) atoms. The number of benzene rings is 2. The lowest BCUT2D eigenvalue weighted by atomic mass is 10.0. The highest BCUT2D eigenvalue weighted by Gasteiger charge is 2.25. The third-order valence-electron chi connectivity index (χ3n) is 8.10. The number of piperidine rings is 1. The van der Waals surface area contributed by atoms with Crippen molar-refractivity contribution in [1.82, 2.24) is 19.8 Å². The maximum Gasteiger partial charge on any atom is 0.248 e. The molecule has 0 radical (unpaired) electrons. The molecule has 0 spiro atoms. The standard InChI is InChI=1S/C31H36ClFN6O3/c32-25-16-22(5-6-26(25)33)36-31-24-17-28(29(42-19-21-3-4-21)18-27(24)34-20-35-31)37-30(40)2-1-9-38-10-7-23(8-11-38)39-12-14-41-15-13-39/h1-2,5-6,16-18,20-21,23H,3-4,7-15,19H2,(H,37,40)(H,34,35,36). The second-order valence-corrected chi connectivity index (χ2v) is 11.6. The van der Waals surface area contributed by atoms with Crippen molar-refractivity contribution in [1.29, 1.82) is 0 Å². The number of anilines is 3. The van der Waals surface area contributed by atoms with E-state index in [0.717, 1.165) is 71.6 Å². The summed E-state index contributed by atoms with van der Waals surface area (Å²) < 4.78 is 25.3. The number of nitrogens with zero attached hydrogens (tertiary/aromatic N) is 4. The molecule has 9 nitrogen and oxygen atoms in total. The molecule has 1 aromatic heterocycles. The molecule has 0 bridgehead atoms. The lowest BCUT2D eigenvalue weighted by Gasteiger charge is -2.39. The van der Waals surface area contributed by atoms with Gasteiger partial charge in [0.2, 0.25) is 5.91 Å². The fourth-order valence-electron chi connectivity index (χ4n) is 5.50. The van der Waals surface area contributed by atoms with Crippen LogP contribution < -0.4 is 15.4 Å². The molecule has 1 aliphatic carbocycles. The molecular weight excluding hydrogens is 559 g/mol. The van der Waals surface area contributed by atoms with Crippen LogP contribution in [0.25, 0.3) is 10.9 Å². The van der Waals surface area contributed by atoms with Gasteiger partial charge in [-0.25, -0.2) is 14.4 Å². The van der Waals surface area contributed by atoms with E-state index in [1.807, 2.05) is 18.2 Å². The monoisotopic (exact) mass is 594 g/mol. The summed E-state index contributed by atoms with van der Waals surface area (Å²) in [6, 6.07) is 8.63. The zero-order chi connectivity index (χ0) is 28.9. The van der Waals surface area contributed by atoms with E-state index in [4.69, 9.17) is 21.1 Å². The van der Waals surface area contributed by atoms with Crippen molar-refractivity contribution in [3.05, 3.63) is 59.7 Å². The molecule has 2 aliphatic heterocycles. The van der Waals surface area contributed by atoms with Crippen molar-refractivity contribution < 1.29 is 18.7 Å². The zero-order valence-electron chi connectivity index (χ0n) is 23.5. The summed E-state index contributed by atoms with van der Waals surface area (Å²) in [6.07, 6.45) is 9.54. The first-order chi connectivity index (χ1) is 20.5. The maximum atomic E-state index is 13.7. The van der Waals surface area contributed by atoms with Crippen LogP contribution in [-0.4, -0.2) is 84.3 Å². The van der Waals surface area contributed by atoms with Crippen LogP contribution in [-0.2, 0) is 9.53 Å². The number of likely N-dealkylation sites (tertiary alicyclic amines) is 1. The first-order valence-electron chi connectivity index (χ1n) is 14.7. The van der Waals surface area contributed by atoms with Gasteiger partial charge in [0.15, 0.2) is 0 Å². The molecule has 222 valence electrons. The molecule has 6 rings (SSSR count). The van der Waals surface area contributed by atoms with Crippen molar-refractivity contribution in [2.24, 2.45) is 5.92 Å². The molecular formula is C31H36ClFN6O3. The summed E-state index contributed by atoms with van der Waals surface area (Å²) in [4.78, 5) is 26.7. The Kier molecular flexibility index (Phi) is 9.14. The molecule has 3 aliphatic rings. The molecule has 1 saturated carbocycles. The minimum atomic E-state index is -0.497. The van der Waals surface area contributed by atoms with Crippen LogP contribution in [0.15, 0.2) is 48.8 Å². The highest BCUT2D eigenvalue weighted by atomic mass is 35.5. The van der Waals surface area contributed by atoms with Gasteiger partial charge in [-0.2, -0.15) is 0 Å². The number of hydrogen-bond donors (Lipinski definition) is 2. The third kappa shape index (κ3) is 7.36. The van der Waals surface area contributed by atoms with Crippen LogP contribution in [0.3, 0.4) is 0 Å². The quantitative estimate of drug-likeness (QED) is 0.308. The Balaban J connectivity index is 1.12. The van der Waals surface area contributed by atoms with Crippen molar-refractivity contribution in [2.75, 3.05) is 63.2 Å². The molecule has 2 saturated heterocycles. The van der Waals surface area contributed by atoms with E-state index in [-0.39, 0.29) is 10.9 Å². The number of fused-ring (bicyclic) bond motifs is 1. The van der Waals surface area contributed by atoms with Crippen LogP contribution in [0.5, 0.6) is 5.75 Å².